The molecule has 0 aliphatic carbocycles. The summed E-state index contributed by atoms with van der Waals surface area (Å²) in [5.41, 5.74) is 2.57. The van der Waals surface area contributed by atoms with Gasteiger partial charge < -0.3 is 14.8 Å². The van der Waals surface area contributed by atoms with Crippen molar-refractivity contribution in [1.29, 1.82) is 0 Å². The second-order valence-corrected chi connectivity index (χ2v) is 6.77. The lowest BCUT2D eigenvalue weighted by Gasteiger charge is -2.10. The minimum atomic E-state index is -0.354. The first-order chi connectivity index (χ1) is 13.5. The van der Waals surface area contributed by atoms with E-state index >= 15 is 0 Å². The molecule has 0 spiro atoms. The molecule has 1 aromatic heterocycles. The number of benzene rings is 2. The third-order valence-corrected chi connectivity index (χ3v) is 4.33. The number of pyridine rings is 1. The SMILES string of the molecule is Cc1cc(Cl)cc(C(=O)Nc2ccc(Oc3ccnc4c3OC(=O)C4)cc2)c1. The van der Waals surface area contributed by atoms with Crippen molar-refractivity contribution < 1.29 is 19.1 Å². The summed E-state index contributed by atoms with van der Waals surface area (Å²) < 4.78 is 11.0. The van der Waals surface area contributed by atoms with Gasteiger partial charge >= 0.3 is 5.97 Å². The van der Waals surface area contributed by atoms with E-state index < -0.39 is 0 Å². The predicted molar refractivity (Wildman–Crippen MR) is 104 cm³/mol. The average Bonchev–Trinajstić information content (AvgIpc) is 3.04. The summed E-state index contributed by atoms with van der Waals surface area (Å²) in [6, 6.07) is 13.7. The fourth-order valence-electron chi connectivity index (χ4n) is 2.88. The molecule has 1 N–H and O–H groups in total. The summed E-state index contributed by atoms with van der Waals surface area (Å²) in [6.07, 6.45) is 1.71. The molecule has 2 aromatic carbocycles. The highest BCUT2D eigenvalue weighted by molar-refractivity contribution is 6.31. The molecule has 1 aliphatic heterocycles. The molecule has 2 heterocycles. The van der Waals surface area contributed by atoms with Gasteiger partial charge in [-0.3, -0.25) is 14.6 Å². The number of hydrogen-bond donors (Lipinski definition) is 1. The van der Waals surface area contributed by atoms with Crippen molar-refractivity contribution >= 4 is 29.2 Å². The Labute approximate surface area is 166 Å². The molecule has 0 fully saturated rings. The third-order valence-electron chi connectivity index (χ3n) is 4.11. The van der Waals surface area contributed by atoms with E-state index in [2.05, 4.69) is 10.3 Å². The zero-order valence-electron chi connectivity index (χ0n) is 14.9. The first-order valence-electron chi connectivity index (χ1n) is 8.53. The first kappa shape index (κ1) is 18.0. The third kappa shape index (κ3) is 3.82. The second kappa shape index (κ2) is 7.32. The van der Waals surface area contributed by atoms with Crippen molar-refractivity contribution in [3.05, 3.63) is 76.6 Å². The zero-order valence-corrected chi connectivity index (χ0v) is 15.6. The summed E-state index contributed by atoms with van der Waals surface area (Å²) in [6.45, 7) is 1.88. The Balaban J connectivity index is 1.47. The lowest BCUT2D eigenvalue weighted by molar-refractivity contribution is -0.131. The summed E-state index contributed by atoms with van der Waals surface area (Å²) in [4.78, 5) is 28.0. The van der Waals surface area contributed by atoms with Crippen LogP contribution < -0.4 is 14.8 Å². The summed E-state index contributed by atoms with van der Waals surface area (Å²) in [7, 11) is 0. The van der Waals surface area contributed by atoms with E-state index in [-0.39, 0.29) is 18.3 Å². The van der Waals surface area contributed by atoms with Crippen LogP contribution in [0.1, 0.15) is 21.6 Å². The lowest BCUT2D eigenvalue weighted by Crippen LogP contribution is -2.12. The average molecular weight is 395 g/mol. The summed E-state index contributed by atoms with van der Waals surface area (Å²) in [5.74, 6) is 0.696. The Morgan fingerprint density at radius 1 is 1.18 bits per heavy atom. The number of amides is 1. The second-order valence-electron chi connectivity index (χ2n) is 6.33. The van der Waals surface area contributed by atoms with E-state index in [0.29, 0.717) is 39.2 Å². The number of rotatable bonds is 4. The van der Waals surface area contributed by atoms with Gasteiger partial charge in [0.1, 0.15) is 5.75 Å². The highest BCUT2D eigenvalue weighted by Gasteiger charge is 2.25. The maximum Gasteiger partial charge on any atom is 0.317 e. The van der Waals surface area contributed by atoms with Gasteiger partial charge in [-0.15, -0.1) is 0 Å². The van der Waals surface area contributed by atoms with Crippen molar-refractivity contribution in [2.45, 2.75) is 13.3 Å². The number of halogens is 1. The van der Waals surface area contributed by atoms with Gasteiger partial charge in [0.2, 0.25) is 0 Å². The predicted octanol–water partition coefficient (Wildman–Crippen LogP) is 4.55. The van der Waals surface area contributed by atoms with E-state index in [1.165, 1.54) is 0 Å². The fourth-order valence-corrected chi connectivity index (χ4v) is 3.17. The Morgan fingerprint density at radius 2 is 1.96 bits per heavy atom. The Hall–Kier alpha value is -3.38. The Bertz CT molecular complexity index is 1060. The molecule has 6 nitrogen and oxygen atoms in total. The first-order valence-corrected chi connectivity index (χ1v) is 8.91. The van der Waals surface area contributed by atoms with Crippen LogP contribution in [0.2, 0.25) is 5.02 Å². The van der Waals surface area contributed by atoms with Crippen molar-refractivity contribution in [3.63, 3.8) is 0 Å². The molecular formula is C21H15ClN2O4. The van der Waals surface area contributed by atoms with E-state index in [9.17, 15) is 9.59 Å². The standard InChI is InChI=1S/C21H15ClN2O4/c1-12-8-13(10-14(22)9-12)21(26)24-15-2-4-16(5-3-15)27-18-6-7-23-17-11-19(25)28-20(17)18/h2-10H,11H2,1H3,(H,24,26). The lowest BCUT2D eigenvalue weighted by atomic mass is 10.1. The minimum absolute atomic E-state index is 0.139. The monoisotopic (exact) mass is 394 g/mol. The number of anilines is 1. The highest BCUT2D eigenvalue weighted by Crippen LogP contribution is 2.37. The number of fused-ring (bicyclic) bond motifs is 1. The van der Waals surface area contributed by atoms with Gasteiger partial charge in [0.05, 0.1) is 12.1 Å². The number of esters is 1. The van der Waals surface area contributed by atoms with Crippen LogP contribution in [-0.4, -0.2) is 16.9 Å². The molecule has 0 saturated carbocycles. The molecule has 0 atom stereocenters. The summed E-state index contributed by atoms with van der Waals surface area (Å²) in [5, 5.41) is 3.33. The quantitative estimate of drug-likeness (QED) is 0.657. The van der Waals surface area contributed by atoms with Gasteiger partial charge in [-0.2, -0.15) is 0 Å². The van der Waals surface area contributed by atoms with Gasteiger partial charge in [-0.1, -0.05) is 11.6 Å². The maximum absolute atomic E-state index is 12.4. The molecule has 4 rings (SSSR count). The van der Waals surface area contributed by atoms with Crippen LogP contribution in [0, 0.1) is 6.92 Å². The van der Waals surface area contributed by atoms with Gasteiger partial charge in [0, 0.05) is 28.5 Å². The van der Waals surface area contributed by atoms with Gasteiger partial charge in [0.15, 0.2) is 11.5 Å². The van der Waals surface area contributed by atoms with Crippen molar-refractivity contribution in [2.75, 3.05) is 5.32 Å². The molecule has 0 radical (unpaired) electrons. The number of nitrogens with zero attached hydrogens (tertiary/aromatic N) is 1. The topological polar surface area (TPSA) is 77.5 Å². The number of aromatic nitrogens is 1. The van der Waals surface area contributed by atoms with Crippen LogP contribution in [0.5, 0.6) is 17.2 Å². The number of ether oxygens (including phenoxy) is 2. The molecular weight excluding hydrogens is 380 g/mol. The van der Waals surface area contributed by atoms with Crippen LogP contribution in [-0.2, 0) is 11.2 Å². The van der Waals surface area contributed by atoms with Crippen molar-refractivity contribution in [2.24, 2.45) is 0 Å². The van der Waals surface area contributed by atoms with Crippen molar-refractivity contribution in [1.82, 2.24) is 4.98 Å². The molecule has 140 valence electrons. The van der Waals surface area contributed by atoms with Crippen LogP contribution in [0.3, 0.4) is 0 Å². The Kier molecular flexibility index (Phi) is 4.71. The molecule has 7 heteroatoms. The van der Waals surface area contributed by atoms with E-state index in [0.717, 1.165) is 5.56 Å². The molecule has 28 heavy (non-hydrogen) atoms. The van der Waals surface area contributed by atoms with E-state index in [1.807, 2.05) is 6.92 Å². The number of hydrogen-bond acceptors (Lipinski definition) is 5. The van der Waals surface area contributed by atoms with Crippen molar-refractivity contribution in [3.8, 4) is 17.2 Å². The van der Waals surface area contributed by atoms with Crippen LogP contribution >= 0.6 is 11.6 Å². The molecule has 0 unspecified atom stereocenters. The highest BCUT2D eigenvalue weighted by atomic mass is 35.5. The summed E-state index contributed by atoms with van der Waals surface area (Å²) >= 11 is 6.01. The maximum atomic E-state index is 12.4. The van der Waals surface area contributed by atoms with E-state index in [1.54, 1.807) is 54.7 Å². The van der Waals surface area contributed by atoms with Gasteiger partial charge in [-0.25, -0.2) is 0 Å². The number of carbonyl (C=O) groups excluding carboxylic acids is 2. The van der Waals surface area contributed by atoms with Gasteiger partial charge in [-0.05, 0) is 55.0 Å². The molecule has 1 aliphatic rings. The number of nitrogens with one attached hydrogen (secondary N) is 1. The largest absolute Gasteiger partial charge is 0.453 e. The fraction of sp³-hybridized carbons (Fsp3) is 0.0952. The van der Waals surface area contributed by atoms with Crippen LogP contribution in [0.4, 0.5) is 5.69 Å². The van der Waals surface area contributed by atoms with Crippen LogP contribution in [0.25, 0.3) is 0 Å². The van der Waals surface area contributed by atoms with Gasteiger partial charge in [0.25, 0.3) is 5.91 Å². The normalized spacial score (nSPS) is 12.3. The molecule has 0 saturated heterocycles. The Morgan fingerprint density at radius 3 is 2.71 bits per heavy atom. The zero-order chi connectivity index (χ0) is 19.7. The number of carbonyl (C=O) groups is 2. The molecule has 3 aromatic rings. The number of aryl methyl sites for hydroxylation is 1. The smallest absolute Gasteiger partial charge is 0.317 e. The minimum Gasteiger partial charge on any atom is -0.453 e. The molecule has 0 bridgehead atoms. The van der Waals surface area contributed by atoms with Crippen LogP contribution in [0.15, 0.2) is 54.7 Å². The molecule has 1 amide bonds. The van der Waals surface area contributed by atoms with E-state index in [4.69, 9.17) is 21.1 Å².